The number of fused-ring (bicyclic) bond motifs is 3. The standard InChI is InChI=1S/C27H33N3O4/c1-2-12-29-24-21(22(18-31)25(29)27(33)28-13-15-34-16-14-28)17-30-23(24)11-10-20(26(30)32)9-8-19-6-4-3-5-7-19/h3-11,21-22,24-25,31H,2,12-18H2,1H3/b9-8+/t21-,22-,24+,25-/m1/s1. The minimum Gasteiger partial charge on any atom is -0.396 e. The Morgan fingerprint density at radius 1 is 1.12 bits per heavy atom. The van der Waals surface area contributed by atoms with Gasteiger partial charge in [-0.3, -0.25) is 14.5 Å². The Bertz CT molecular complexity index is 1110. The number of morpholine rings is 1. The molecule has 3 aliphatic heterocycles. The summed E-state index contributed by atoms with van der Waals surface area (Å²) in [6.07, 6.45) is 4.73. The lowest BCUT2D eigenvalue weighted by molar-refractivity contribution is -0.142. The highest BCUT2D eigenvalue weighted by Gasteiger charge is 2.55. The SMILES string of the molecule is CCCN1[C@@H]2c3ccc(/C=C/c4ccccc4)c(=O)n3C[C@@H]2[C@@H](CO)[C@@H]1C(=O)N1CCOCC1. The Kier molecular flexibility index (Phi) is 6.68. The highest BCUT2D eigenvalue weighted by Crippen LogP contribution is 2.49. The van der Waals surface area contributed by atoms with Crippen LogP contribution in [0.15, 0.2) is 47.3 Å². The second-order valence-corrected chi connectivity index (χ2v) is 9.45. The molecule has 5 rings (SSSR count). The van der Waals surface area contributed by atoms with Gasteiger partial charge in [0, 0.05) is 49.3 Å². The Hall–Kier alpha value is -2.74. The van der Waals surface area contributed by atoms with Gasteiger partial charge in [0.25, 0.3) is 5.56 Å². The Morgan fingerprint density at radius 3 is 2.59 bits per heavy atom. The molecular weight excluding hydrogens is 430 g/mol. The van der Waals surface area contributed by atoms with Crippen molar-refractivity contribution >= 4 is 18.1 Å². The Labute approximate surface area is 200 Å². The molecule has 0 radical (unpaired) electrons. The monoisotopic (exact) mass is 463 g/mol. The van der Waals surface area contributed by atoms with Crippen LogP contribution in [0.5, 0.6) is 0 Å². The number of aromatic nitrogens is 1. The van der Waals surface area contributed by atoms with E-state index in [1.165, 1.54) is 0 Å². The number of aliphatic hydroxyl groups is 1. The molecule has 0 bridgehead atoms. The normalized spacial score (nSPS) is 26.7. The van der Waals surface area contributed by atoms with E-state index in [-0.39, 0.29) is 42.0 Å². The lowest BCUT2D eigenvalue weighted by atomic mass is 9.88. The molecule has 0 saturated carbocycles. The molecule has 2 saturated heterocycles. The zero-order valence-corrected chi connectivity index (χ0v) is 19.7. The molecule has 2 aromatic rings. The van der Waals surface area contributed by atoms with E-state index < -0.39 is 0 Å². The van der Waals surface area contributed by atoms with E-state index >= 15 is 0 Å². The number of pyridine rings is 1. The highest BCUT2D eigenvalue weighted by molar-refractivity contribution is 5.83. The van der Waals surface area contributed by atoms with Gasteiger partial charge < -0.3 is 19.3 Å². The van der Waals surface area contributed by atoms with Crippen molar-refractivity contribution in [1.82, 2.24) is 14.4 Å². The molecule has 3 aliphatic rings. The van der Waals surface area contributed by atoms with Crippen LogP contribution < -0.4 is 5.56 Å². The third-order valence-electron chi connectivity index (χ3n) is 7.53. The van der Waals surface area contributed by atoms with Gasteiger partial charge in [-0.25, -0.2) is 0 Å². The number of ether oxygens (including phenoxy) is 1. The summed E-state index contributed by atoms with van der Waals surface area (Å²) in [5, 5.41) is 10.4. The molecule has 7 heteroatoms. The van der Waals surface area contributed by atoms with Crippen molar-refractivity contribution < 1.29 is 14.6 Å². The summed E-state index contributed by atoms with van der Waals surface area (Å²) < 4.78 is 7.29. The van der Waals surface area contributed by atoms with Crippen LogP contribution in [0, 0.1) is 11.8 Å². The number of rotatable bonds is 6. The quantitative estimate of drug-likeness (QED) is 0.711. The molecule has 0 unspecified atom stereocenters. The van der Waals surface area contributed by atoms with Crippen LogP contribution in [-0.2, 0) is 16.1 Å². The smallest absolute Gasteiger partial charge is 0.258 e. The predicted molar refractivity (Wildman–Crippen MR) is 131 cm³/mol. The highest BCUT2D eigenvalue weighted by atomic mass is 16.5. The number of carbonyl (C=O) groups excluding carboxylic acids is 1. The molecule has 1 N–H and O–H groups in total. The van der Waals surface area contributed by atoms with Gasteiger partial charge in [0.05, 0.1) is 25.3 Å². The second kappa shape index (κ2) is 9.86. The summed E-state index contributed by atoms with van der Waals surface area (Å²) in [5.74, 6) is -0.0800. The molecule has 4 atom stereocenters. The molecule has 180 valence electrons. The average Bonchev–Trinajstić information content (AvgIpc) is 3.40. The number of aliphatic hydroxyl groups excluding tert-OH is 1. The van der Waals surface area contributed by atoms with E-state index in [2.05, 4.69) is 11.8 Å². The van der Waals surface area contributed by atoms with Crippen LogP contribution in [0.1, 0.15) is 36.2 Å². The van der Waals surface area contributed by atoms with Crippen molar-refractivity contribution in [3.63, 3.8) is 0 Å². The number of benzene rings is 1. The first-order valence-electron chi connectivity index (χ1n) is 12.3. The van der Waals surface area contributed by atoms with E-state index in [4.69, 9.17) is 4.74 Å². The first-order valence-corrected chi connectivity index (χ1v) is 12.3. The molecule has 0 aliphatic carbocycles. The van der Waals surface area contributed by atoms with Crippen molar-refractivity contribution in [2.24, 2.45) is 11.8 Å². The van der Waals surface area contributed by atoms with Gasteiger partial charge in [0.1, 0.15) is 0 Å². The fraction of sp³-hybridized carbons (Fsp3) is 0.481. The molecular formula is C27H33N3O4. The largest absolute Gasteiger partial charge is 0.396 e. The summed E-state index contributed by atoms with van der Waals surface area (Å²) in [4.78, 5) is 31.1. The van der Waals surface area contributed by atoms with Crippen molar-refractivity contribution in [3.8, 4) is 0 Å². The number of hydrogen-bond acceptors (Lipinski definition) is 5. The minimum absolute atomic E-state index is 0.0109. The molecule has 4 heterocycles. The Morgan fingerprint density at radius 2 is 1.88 bits per heavy atom. The third-order valence-corrected chi connectivity index (χ3v) is 7.53. The lowest BCUT2D eigenvalue weighted by Crippen LogP contribution is -2.53. The first-order chi connectivity index (χ1) is 16.6. The summed E-state index contributed by atoms with van der Waals surface area (Å²) in [6, 6.07) is 13.5. The summed E-state index contributed by atoms with van der Waals surface area (Å²) >= 11 is 0. The number of amides is 1. The van der Waals surface area contributed by atoms with Crippen LogP contribution >= 0.6 is 0 Å². The zero-order valence-electron chi connectivity index (χ0n) is 19.7. The zero-order chi connectivity index (χ0) is 23.7. The minimum atomic E-state index is -0.362. The van der Waals surface area contributed by atoms with Gasteiger partial charge in [0.2, 0.25) is 5.91 Å². The van der Waals surface area contributed by atoms with Gasteiger partial charge >= 0.3 is 0 Å². The van der Waals surface area contributed by atoms with Crippen molar-refractivity contribution in [3.05, 3.63) is 69.6 Å². The van der Waals surface area contributed by atoms with Crippen LogP contribution in [0.25, 0.3) is 12.2 Å². The number of nitrogens with zero attached hydrogens (tertiary/aromatic N) is 3. The fourth-order valence-electron chi connectivity index (χ4n) is 5.97. The maximum absolute atomic E-state index is 13.6. The number of likely N-dealkylation sites (tertiary alicyclic amines) is 1. The predicted octanol–water partition coefficient (Wildman–Crippen LogP) is 2.25. The second-order valence-electron chi connectivity index (χ2n) is 9.45. The van der Waals surface area contributed by atoms with Crippen LogP contribution in [0.3, 0.4) is 0 Å². The van der Waals surface area contributed by atoms with Crippen LogP contribution in [-0.4, -0.2) is 70.9 Å². The molecule has 1 aromatic carbocycles. The average molecular weight is 464 g/mol. The summed E-state index contributed by atoms with van der Waals surface area (Å²) in [7, 11) is 0. The van der Waals surface area contributed by atoms with Crippen LogP contribution in [0.4, 0.5) is 0 Å². The first kappa shape index (κ1) is 23.0. The van der Waals surface area contributed by atoms with Crippen molar-refractivity contribution in [2.75, 3.05) is 39.5 Å². The van der Waals surface area contributed by atoms with Gasteiger partial charge in [-0.05, 0) is 36.7 Å². The third kappa shape index (κ3) is 4.02. The molecule has 1 aromatic heterocycles. The fourth-order valence-corrected chi connectivity index (χ4v) is 5.97. The van der Waals surface area contributed by atoms with E-state index in [0.29, 0.717) is 38.4 Å². The van der Waals surface area contributed by atoms with Gasteiger partial charge in [-0.2, -0.15) is 0 Å². The van der Waals surface area contributed by atoms with Crippen molar-refractivity contribution in [1.29, 1.82) is 0 Å². The van der Waals surface area contributed by atoms with Crippen LogP contribution in [0.2, 0.25) is 0 Å². The van der Waals surface area contributed by atoms with E-state index in [9.17, 15) is 14.7 Å². The Balaban J connectivity index is 1.47. The summed E-state index contributed by atoms with van der Waals surface area (Å²) in [6.45, 7) is 5.63. The van der Waals surface area contributed by atoms with Gasteiger partial charge in [-0.15, -0.1) is 0 Å². The van der Waals surface area contributed by atoms with E-state index in [1.807, 2.05) is 64.1 Å². The van der Waals surface area contributed by atoms with Gasteiger partial charge in [-0.1, -0.05) is 43.3 Å². The topological polar surface area (TPSA) is 75.0 Å². The molecule has 1 amide bonds. The molecule has 2 fully saturated rings. The number of hydrogen-bond donors (Lipinski definition) is 1. The number of carbonyl (C=O) groups is 1. The molecule has 34 heavy (non-hydrogen) atoms. The maximum atomic E-state index is 13.6. The van der Waals surface area contributed by atoms with Crippen molar-refractivity contribution in [2.45, 2.75) is 32.0 Å². The summed E-state index contributed by atoms with van der Waals surface area (Å²) in [5.41, 5.74) is 2.64. The maximum Gasteiger partial charge on any atom is 0.258 e. The van der Waals surface area contributed by atoms with Gasteiger partial charge in [0.15, 0.2) is 0 Å². The lowest BCUT2D eigenvalue weighted by Gasteiger charge is -2.36. The molecule has 0 spiro atoms. The van der Waals surface area contributed by atoms with E-state index in [0.717, 1.165) is 24.2 Å². The molecule has 7 nitrogen and oxygen atoms in total. The van der Waals surface area contributed by atoms with E-state index in [1.54, 1.807) is 0 Å².